The van der Waals surface area contributed by atoms with E-state index in [1.807, 2.05) is 0 Å². The number of benzene rings is 1. The van der Waals surface area contributed by atoms with Crippen molar-refractivity contribution >= 4 is 10.9 Å². The molecule has 2 aromatic rings. The summed E-state index contributed by atoms with van der Waals surface area (Å²) < 4.78 is 2.28. The van der Waals surface area contributed by atoms with E-state index in [2.05, 4.69) is 64.4 Å². The van der Waals surface area contributed by atoms with E-state index in [1.54, 1.807) is 0 Å². The van der Waals surface area contributed by atoms with Gasteiger partial charge in [-0.25, -0.2) is 0 Å². The lowest BCUT2D eigenvalue weighted by molar-refractivity contribution is 0.591. The second kappa shape index (κ2) is 4.68. The predicted octanol–water partition coefficient (Wildman–Crippen LogP) is 3.85. The van der Waals surface area contributed by atoms with Crippen LogP contribution in [0.4, 0.5) is 0 Å². The first-order valence-electron chi connectivity index (χ1n) is 7.06. The van der Waals surface area contributed by atoms with Gasteiger partial charge in [-0.1, -0.05) is 33.8 Å². The number of nitrogens with two attached hydrogens (primary N) is 1. The van der Waals surface area contributed by atoms with Gasteiger partial charge in [0.25, 0.3) is 0 Å². The van der Waals surface area contributed by atoms with Crippen LogP contribution in [0.25, 0.3) is 10.9 Å². The van der Waals surface area contributed by atoms with Crippen molar-refractivity contribution in [3.63, 3.8) is 0 Å². The van der Waals surface area contributed by atoms with E-state index in [0.29, 0.717) is 12.5 Å². The molecule has 1 heterocycles. The van der Waals surface area contributed by atoms with Crippen LogP contribution < -0.4 is 5.73 Å². The van der Waals surface area contributed by atoms with Crippen LogP contribution >= 0.6 is 0 Å². The summed E-state index contributed by atoms with van der Waals surface area (Å²) in [7, 11) is 2.14. The maximum Gasteiger partial charge on any atom is 0.0482 e. The molecule has 0 aliphatic carbocycles. The molecule has 0 aliphatic heterocycles. The highest BCUT2D eigenvalue weighted by Crippen LogP contribution is 2.34. The smallest absolute Gasteiger partial charge is 0.0482 e. The second-order valence-electron chi connectivity index (χ2n) is 6.68. The maximum absolute atomic E-state index is 5.89. The number of aromatic nitrogens is 1. The van der Waals surface area contributed by atoms with Crippen molar-refractivity contribution in [2.24, 2.45) is 12.8 Å². The predicted molar refractivity (Wildman–Crippen MR) is 83.8 cm³/mol. The van der Waals surface area contributed by atoms with Gasteiger partial charge in [0.1, 0.15) is 0 Å². The van der Waals surface area contributed by atoms with Crippen molar-refractivity contribution < 1.29 is 0 Å². The van der Waals surface area contributed by atoms with Gasteiger partial charge in [-0.15, -0.1) is 0 Å². The minimum Gasteiger partial charge on any atom is -0.348 e. The zero-order valence-corrected chi connectivity index (χ0v) is 13.0. The Morgan fingerprint density at radius 1 is 1.26 bits per heavy atom. The molecule has 2 N–H and O–H groups in total. The molecule has 1 aromatic carbocycles. The Hall–Kier alpha value is -1.28. The van der Waals surface area contributed by atoms with E-state index in [0.717, 1.165) is 0 Å². The van der Waals surface area contributed by atoms with Crippen LogP contribution in [0.15, 0.2) is 18.2 Å². The van der Waals surface area contributed by atoms with Gasteiger partial charge in [0.15, 0.2) is 0 Å². The Kier molecular flexibility index (Phi) is 3.48. The minimum atomic E-state index is 0.182. The van der Waals surface area contributed by atoms with Crippen LogP contribution in [-0.2, 0) is 12.5 Å². The SMILES string of the molecule is Cc1c(C(C)CN)c2cc(C(C)(C)C)ccc2n1C. The van der Waals surface area contributed by atoms with Crippen molar-refractivity contribution in [3.05, 3.63) is 35.0 Å². The molecule has 2 nitrogen and oxygen atoms in total. The zero-order chi connectivity index (χ0) is 14.4. The molecule has 0 amide bonds. The zero-order valence-electron chi connectivity index (χ0n) is 13.0. The summed E-state index contributed by atoms with van der Waals surface area (Å²) in [5.41, 5.74) is 11.5. The lowest BCUT2D eigenvalue weighted by atomic mass is 9.85. The van der Waals surface area contributed by atoms with Crippen LogP contribution in [0.1, 0.15) is 50.4 Å². The maximum atomic E-state index is 5.89. The van der Waals surface area contributed by atoms with Gasteiger partial charge < -0.3 is 10.3 Å². The number of fused-ring (bicyclic) bond motifs is 1. The quantitative estimate of drug-likeness (QED) is 0.871. The fraction of sp³-hybridized carbons (Fsp3) is 0.529. The van der Waals surface area contributed by atoms with Gasteiger partial charge >= 0.3 is 0 Å². The first kappa shape index (κ1) is 14.1. The van der Waals surface area contributed by atoms with E-state index < -0.39 is 0 Å². The topological polar surface area (TPSA) is 30.9 Å². The molecule has 0 spiro atoms. The molecular weight excluding hydrogens is 232 g/mol. The van der Waals surface area contributed by atoms with Crippen molar-refractivity contribution in [1.29, 1.82) is 0 Å². The number of aryl methyl sites for hydroxylation is 1. The molecule has 0 saturated heterocycles. The summed E-state index contributed by atoms with van der Waals surface area (Å²) >= 11 is 0. The summed E-state index contributed by atoms with van der Waals surface area (Å²) in [6, 6.07) is 6.85. The Morgan fingerprint density at radius 2 is 1.89 bits per heavy atom. The summed E-state index contributed by atoms with van der Waals surface area (Å²) in [6.45, 7) is 11.9. The fourth-order valence-electron chi connectivity index (χ4n) is 2.81. The Balaban J connectivity index is 2.76. The summed E-state index contributed by atoms with van der Waals surface area (Å²) in [6.07, 6.45) is 0. The highest BCUT2D eigenvalue weighted by molar-refractivity contribution is 5.87. The molecule has 104 valence electrons. The van der Waals surface area contributed by atoms with Crippen molar-refractivity contribution in [3.8, 4) is 0 Å². The van der Waals surface area contributed by atoms with Crippen molar-refractivity contribution in [2.45, 2.75) is 46.0 Å². The largest absolute Gasteiger partial charge is 0.348 e. The number of hydrogen-bond donors (Lipinski definition) is 1. The Morgan fingerprint density at radius 3 is 2.42 bits per heavy atom. The molecule has 0 aliphatic rings. The second-order valence-corrected chi connectivity index (χ2v) is 6.68. The van der Waals surface area contributed by atoms with E-state index in [1.165, 1.54) is 27.7 Å². The average molecular weight is 258 g/mol. The van der Waals surface area contributed by atoms with Gasteiger partial charge in [-0.2, -0.15) is 0 Å². The molecule has 0 radical (unpaired) electrons. The molecular formula is C17H26N2. The number of hydrogen-bond acceptors (Lipinski definition) is 1. The van der Waals surface area contributed by atoms with Gasteiger partial charge in [0.05, 0.1) is 0 Å². The highest BCUT2D eigenvalue weighted by atomic mass is 14.9. The van der Waals surface area contributed by atoms with Crippen molar-refractivity contribution in [2.75, 3.05) is 6.54 Å². The molecule has 0 fully saturated rings. The van der Waals surface area contributed by atoms with Crippen LogP contribution in [0.5, 0.6) is 0 Å². The summed E-state index contributed by atoms with van der Waals surface area (Å²) in [4.78, 5) is 0. The molecule has 1 unspecified atom stereocenters. The summed E-state index contributed by atoms with van der Waals surface area (Å²) in [5, 5.41) is 1.37. The molecule has 1 aromatic heterocycles. The molecule has 19 heavy (non-hydrogen) atoms. The third-order valence-electron chi connectivity index (χ3n) is 4.25. The first-order chi connectivity index (χ1) is 8.77. The van der Waals surface area contributed by atoms with Gasteiger partial charge in [0.2, 0.25) is 0 Å². The van der Waals surface area contributed by atoms with Crippen LogP contribution in [0.3, 0.4) is 0 Å². The lowest BCUT2D eigenvalue weighted by Crippen LogP contribution is -2.11. The third kappa shape index (κ3) is 2.30. The number of rotatable bonds is 2. The normalized spacial score (nSPS) is 14.1. The Labute approximate surface area is 116 Å². The third-order valence-corrected chi connectivity index (χ3v) is 4.25. The van der Waals surface area contributed by atoms with E-state index in [4.69, 9.17) is 5.73 Å². The Bertz CT molecular complexity index is 600. The van der Waals surface area contributed by atoms with Crippen molar-refractivity contribution in [1.82, 2.24) is 4.57 Å². The number of nitrogens with zero attached hydrogens (tertiary/aromatic N) is 1. The van der Waals surface area contributed by atoms with Crippen LogP contribution in [0, 0.1) is 6.92 Å². The van der Waals surface area contributed by atoms with E-state index in [9.17, 15) is 0 Å². The van der Waals surface area contributed by atoms with Gasteiger partial charge in [-0.05, 0) is 48.1 Å². The first-order valence-corrected chi connectivity index (χ1v) is 7.06. The fourth-order valence-corrected chi connectivity index (χ4v) is 2.81. The van der Waals surface area contributed by atoms with Crippen LogP contribution in [0.2, 0.25) is 0 Å². The lowest BCUT2D eigenvalue weighted by Gasteiger charge is -2.19. The average Bonchev–Trinajstić information content (AvgIpc) is 2.60. The minimum absolute atomic E-state index is 0.182. The standard InChI is InChI=1S/C17H26N2/c1-11(10-18)16-12(2)19(6)15-8-7-13(9-14(15)16)17(3,4)5/h7-9,11H,10,18H2,1-6H3. The van der Waals surface area contributed by atoms with Gasteiger partial charge in [-0.3, -0.25) is 0 Å². The molecule has 0 saturated carbocycles. The monoisotopic (exact) mass is 258 g/mol. The van der Waals surface area contributed by atoms with Crippen LogP contribution in [-0.4, -0.2) is 11.1 Å². The highest BCUT2D eigenvalue weighted by Gasteiger charge is 2.20. The molecule has 0 bridgehead atoms. The molecule has 1 atom stereocenters. The summed E-state index contributed by atoms with van der Waals surface area (Å²) in [5.74, 6) is 0.402. The van der Waals surface area contributed by atoms with Gasteiger partial charge in [0, 0.05) is 23.6 Å². The van der Waals surface area contributed by atoms with E-state index in [-0.39, 0.29) is 5.41 Å². The molecule has 2 rings (SSSR count). The molecule has 2 heteroatoms. The van der Waals surface area contributed by atoms with E-state index >= 15 is 0 Å².